The summed E-state index contributed by atoms with van der Waals surface area (Å²) < 4.78 is 4.85. The van der Waals surface area contributed by atoms with Gasteiger partial charge in [-0.15, -0.1) is 0 Å². The number of hydrogen-bond acceptors (Lipinski definition) is 6. The molecular formula is C14H15N3O2S. The van der Waals surface area contributed by atoms with E-state index in [0.717, 1.165) is 35.3 Å². The van der Waals surface area contributed by atoms with E-state index in [1.807, 2.05) is 12.3 Å². The summed E-state index contributed by atoms with van der Waals surface area (Å²) in [6.45, 7) is 3.50. The number of aryl methyl sites for hydroxylation is 1. The van der Waals surface area contributed by atoms with Crippen LogP contribution < -0.4 is 5.32 Å². The Morgan fingerprint density at radius 1 is 1.40 bits per heavy atom. The molecule has 5 nitrogen and oxygen atoms in total. The van der Waals surface area contributed by atoms with Crippen LogP contribution in [0.1, 0.15) is 27.3 Å². The molecule has 0 unspecified atom stereocenters. The molecule has 1 N–H and O–H groups in total. The summed E-state index contributed by atoms with van der Waals surface area (Å²) in [5, 5.41) is 7.31. The third kappa shape index (κ3) is 2.21. The Balaban J connectivity index is 2.18. The molecule has 0 saturated carbocycles. The summed E-state index contributed by atoms with van der Waals surface area (Å²) in [6, 6.07) is 0. The minimum atomic E-state index is -0.401. The molecule has 3 rings (SSSR count). The van der Waals surface area contributed by atoms with Gasteiger partial charge in [-0.1, -0.05) is 0 Å². The summed E-state index contributed by atoms with van der Waals surface area (Å²) in [5.41, 5.74) is 4.30. The van der Waals surface area contributed by atoms with Crippen molar-refractivity contribution >= 4 is 17.3 Å². The van der Waals surface area contributed by atoms with Gasteiger partial charge in [0.25, 0.3) is 0 Å². The lowest BCUT2D eigenvalue weighted by atomic mass is 10.0. The summed E-state index contributed by atoms with van der Waals surface area (Å²) in [5.74, 6) is 0.214. The topological polar surface area (TPSA) is 64.1 Å². The molecule has 20 heavy (non-hydrogen) atoms. The molecule has 0 radical (unpaired) electrons. The van der Waals surface area contributed by atoms with E-state index >= 15 is 0 Å². The van der Waals surface area contributed by atoms with Gasteiger partial charge in [-0.3, -0.25) is 0 Å². The van der Waals surface area contributed by atoms with Crippen LogP contribution in [0.3, 0.4) is 0 Å². The van der Waals surface area contributed by atoms with Gasteiger partial charge in [0.15, 0.2) is 11.5 Å². The zero-order chi connectivity index (χ0) is 14.1. The lowest BCUT2D eigenvalue weighted by molar-refractivity contribution is 0.0592. The molecule has 0 bridgehead atoms. The lowest BCUT2D eigenvalue weighted by Crippen LogP contribution is -2.28. The molecule has 6 heteroatoms. The van der Waals surface area contributed by atoms with Crippen molar-refractivity contribution in [2.45, 2.75) is 19.9 Å². The summed E-state index contributed by atoms with van der Waals surface area (Å²) in [4.78, 5) is 21.0. The third-order valence-corrected chi connectivity index (χ3v) is 4.27. The Hall–Kier alpha value is -1.79. The quantitative estimate of drug-likeness (QED) is 0.856. The predicted octanol–water partition coefficient (Wildman–Crippen LogP) is 1.95. The van der Waals surface area contributed by atoms with E-state index in [2.05, 4.69) is 20.7 Å². The molecule has 1 aliphatic heterocycles. The Bertz CT molecular complexity index is 666. The van der Waals surface area contributed by atoms with Crippen LogP contribution in [0.4, 0.5) is 0 Å². The number of aromatic nitrogens is 2. The Morgan fingerprint density at radius 3 is 2.95 bits per heavy atom. The van der Waals surface area contributed by atoms with Crippen LogP contribution in [0.2, 0.25) is 0 Å². The zero-order valence-electron chi connectivity index (χ0n) is 11.4. The van der Waals surface area contributed by atoms with Crippen LogP contribution in [0, 0.1) is 6.92 Å². The molecule has 0 saturated heterocycles. The molecular weight excluding hydrogens is 274 g/mol. The van der Waals surface area contributed by atoms with Crippen molar-refractivity contribution in [1.29, 1.82) is 0 Å². The van der Waals surface area contributed by atoms with Gasteiger partial charge in [0, 0.05) is 36.0 Å². The molecule has 0 atom stereocenters. The van der Waals surface area contributed by atoms with Crippen molar-refractivity contribution in [3.8, 4) is 11.4 Å². The van der Waals surface area contributed by atoms with Crippen LogP contribution >= 0.6 is 11.3 Å². The second kappa shape index (κ2) is 5.30. The van der Waals surface area contributed by atoms with E-state index < -0.39 is 5.97 Å². The van der Waals surface area contributed by atoms with Crippen molar-refractivity contribution < 1.29 is 9.53 Å². The van der Waals surface area contributed by atoms with E-state index in [0.29, 0.717) is 18.1 Å². The first-order valence-electron chi connectivity index (χ1n) is 6.42. The number of fused-ring (bicyclic) bond motifs is 1. The summed E-state index contributed by atoms with van der Waals surface area (Å²) >= 11 is 1.61. The van der Waals surface area contributed by atoms with E-state index in [9.17, 15) is 4.79 Å². The summed E-state index contributed by atoms with van der Waals surface area (Å²) in [7, 11) is 1.38. The van der Waals surface area contributed by atoms with Gasteiger partial charge in [0.05, 0.1) is 12.8 Å². The number of esters is 1. The molecule has 104 valence electrons. The Labute approximate surface area is 121 Å². The molecule has 2 aromatic rings. The number of carbonyl (C=O) groups is 1. The molecule has 0 fully saturated rings. The maximum absolute atomic E-state index is 12.0. The standard InChI is InChI=1S/C14H15N3O2S/c1-8-6-20-7-10(8)13-16-11-3-4-15-5-9(11)12(17-13)14(18)19-2/h6-7,15H,3-5H2,1-2H3. The second-order valence-corrected chi connectivity index (χ2v) is 5.45. The molecule has 2 aromatic heterocycles. The summed E-state index contributed by atoms with van der Waals surface area (Å²) in [6.07, 6.45) is 0.804. The van der Waals surface area contributed by atoms with Crippen molar-refractivity contribution in [3.63, 3.8) is 0 Å². The first-order chi connectivity index (χ1) is 9.70. The molecule has 0 amide bonds. The number of thiophene rings is 1. The molecule has 3 heterocycles. The van der Waals surface area contributed by atoms with Gasteiger partial charge in [-0.05, 0) is 17.9 Å². The fourth-order valence-electron chi connectivity index (χ4n) is 2.32. The number of carbonyl (C=O) groups excluding carboxylic acids is 1. The number of hydrogen-bond donors (Lipinski definition) is 1. The van der Waals surface area contributed by atoms with Crippen LogP contribution in [0.5, 0.6) is 0 Å². The normalized spacial score (nSPS) is 13.9. The van der Waals surface area contributed by atoms with Crippen LogP contribution in [0.15, 0.2) is 10.8 Å². The van der Waals surface area contributed by atoms with Gasteiger partial charge in [-0.25, -0.2) is 14.8 Å². The average Bonchev–Trinajstić information content (AvgIpc) is 2.91. The SMILES string of the molecule is COC(=O)c1nc(-c2cscc2C)nc2c1CNCC2. The van der Waals surface area contributed by atoms with E-state index in [-0.39, 0.29) is 0 Å². The lowest BCUT2D eigenvalue weighted by Gasteiger charge is -2.19. The molecule has 0 aromatic carbocycles. The van der Waals surface area contributed by atoms with E-state index in [4.69, 9.17) is 4.74 Å². The monoisotopic (exact) mass is 289 g/mol. The fourth-order valence-corrected chi connectivity index (χ4v) is 3.15. The molecule has 1 aliphatic rings. The number of methoxy groups -OCH3 is 1. The highest BCUT2D eigenvalue weighted by Crippen LogP contribution is 2.26. The number of rotatable bonds is 2. The highest BCUT2D eigenvalue weighted by Gasteiger charge is 2.23. The number of nitrogens with one attached hydrogen (secondary N) is 1. The van der Waals surface area contributed by atoms with Gasteiger partial charge in [0.1, 0.15) is 0 Å². The largest absolute Gasteiger partial charge is 0.464 e. The number of nitrogens with zero attached hydrogens (tertiary/aromatic N) is 2. The highest BCUT2D eigenvalue weighted by atomic mass is 32.1. The molecule has 0 aliphatic carbocycles. The molecule has 0 spiro atoms. The van der Waals surface area contributed by atoms with Crippen molar-refractivity contribution in [2.24, 2.45) is 0 Å². The Morgan fingerprint density at radius 2 is 2.25 bits per heavy atom. The smallest absolute Gasteiger partial charge is 0.357 e. The van der Waals surface area contributed by atoms with Crippen LogP contribution in [0.25, 0.3) is 11.4 Å². The maximum Gasteiger partial charge on any atom is 0.357 e. The van der Waals surface area contributed by atoms with Crippen molar-refractivity contribution in [2.75, 3.05) is 13.7 Å². The average molecular weight is 289 g/mol. The minimum Gasteiger partial charge on any atom is -0.464 e. The van der Waals surface area contributed by atoms with Gasteiger partial charge < -0.3 is 10.1 Å². The highest BCUT2D eigenvalue weighted by molar-refractivity contribution is 7.08. The van der Waals surface area contributed by atoms with Crippen LogP contribution in [-0.2, 0) is 17.7 Å². The van der Waals surface area contributed by atoms with Gasteiger partial charge in [-0.2, -0.15) is 11.3 Å². The van der Waals surface area contributed by atoms with E-state index in [1.54, 1.807) is 11.3 Å². The van der Waals surface area contributed by atoms with Gasteiger partial charge >= 0.3 is 5.97 Å². The number of ether oxygens (including phenoxy) is 1. The Kier molecular flexibility index (Phi) is 3.50. The second-order valence-electron chi connectivity index (χ2n) is 4.71. The van der Waals surface area contributed by atoms with Gasteiger partial charge in [0.2, 0.25) is 0 Å². The first-order valence-corrected chi connectivity index (χ1v) is 7.37. The van der Waals surface area contributed by atoms with E-state index in [1.165, 1.54) is 7.11 Å². The maximum atomic E-state index is 12.0. The predicted molar refractivity (Wildman–Crippen MR) is 76.8 cm³/mol. The first kappa shape index (κ1) is 13.2. The zero-order valence-corrected chi connectivity index (χ0v) is 12.2. The van der Waals surface area contributed by atoms with Crippen LogP contribution in [-0.4, -0.2) is 29.6 Å². The fraction of sp³-hybridized carbons (Fsp3) is 0.357. The van der Waals surface area contributed by atoms with Crippen molar-refractivity contribution in [1.82, 2.24) is 15.3 Å². The van der Waals surface area contributed by atoms with Crippen molar-refractivity contribution in [3.05, 3.63) is 33.3 Å². The third-order valence-electron chi connectivity index (χ3n) is 3.41. The minimum absolute atomic E-state index is 0.380.